The minimum absolute atomic E-state index is 0.169. The topological polar surface area (TPSA) is 61.4 Å². The second kappa shape index (κ2) is 8.15. The Morgan fingerprint density at radius 2 is 1.87 bits per heavy atom. The van der Waals surface area contributed by atoms with Gasteiger partial charge in [0, 0.05) is 15.7 Å². The van der Waals surface area contributed by atoms with Crippen LogP contribution in [0.5, 0.6) is 0 Å². The molecular weight excluding hydrogens is 355 g/mol. The Kier molecular flexibility index (Phi) is 6.21. The van der Waals surface area contributed by atoms with E-state index in [1.54, 1.807) is 18.2 Å². The number of halogens is 2. The van der Waals surface area contributed by atoms with Crippen molar-refractivity contribution in [3.8, 4) is 0 Å². The molecule has 2 rings (SSSR count). The molecule has 23 heavy (non-hydrogen) atoms. The SMILES string of the molecule is O=C(O)C[C@H](NC(=S)Nc1ccccc1)c1ccc(Cl)cc1Cl. The standard InChI is InChI=1S/C16H14Cl2N2O2S/c17-10-6-7-12(13(18)8-10)14(9-15(21)22)20-16(23)19-11-4-2-1-3-5-11/h1-8,14H,9H2,(H,21,22)(H2,19,20,23)/t14-/m0/s1. The van der Waals surface area contributed by atoms with Crippen LogP contribution in [0.4, 0.5) is 5.69 Å². The van der Waals surface area contributed by atoms with Crippen LogP contribution in [0.2, 0.25) is 10.0 Å². The first-order chi connectivity index (χ1) is 11.0. The highest BCUT2D eigenvalue weighted by Gasteiger charge is 2.19. The summed E-state index contributed by atoms with van der Waals surface area (Å²) in [6.45, 7) is 0. The molecule has 0 bridgehead atoms. The van der Waals surface area contributed by atoms with Crippen LogP contribution in [-0.4, -0.2) is 16.2 Å². The quantitative estimate of drug-likeness (QED) is 0.678. The Bertz CT molecular complexity index is 710. The maximum atomic E-state index is 11.1. The Labute approximate surface area is 149 Å². The number of hydrogen-bond acceptors (Lipinski definition) is 2. The van der Waals surface area contributed by atoms with Crippen LogP contribution < -0.4 is 10.6 Å². The van der Waals surface area contributed by atoms with Crippen LogP contribution in [0.1, 0.15) is 18.0 Å². The molecule has 0 fully saturated rings. The molecular formula is C16H14Cl2N2O2S. The number of para-hydroxylation sites is 1. The predicted octanol–water partition coefficient (Wildman–Crippen LogP) is 4.50. The van der Waals surface area contributed by atoms with Gasteiger partial charge in [-0.15, -0.1) is 0 Å². The van der Waals surface area contributed by atoms with Crippen LogP contribution in [0, 0.1) is 0 Å². The molecule has 3 N–H and O–H groups in total. The summed E-state index contributed by atoms with van der Waals surface area (Å²) < 4.78 is 0. The lowest BCUT2D eigenvalue weighted by atomic mass is 10.0. The van der Waals surface area contributed by atoms with Crippen LogP contribution in [0.3, 0.4) is 0 Å². The number of anilines is 1. The molecule has 0 aliphatic heterocycles. The third-order valence-electron chi connectivity index (χ3n) is 3.05. The van der Waals surface area contributed by atoms with Crippen molar-refractivity contribution >= 4 is 52.2 Å². The maximum absolute atomic E-state index is 11.1. The highest BCUT2D eigenvalue weighted by Crippen LogP contribution is 2.28. The van der Waals surface area contributed by atoms with Crippen LogP contribution in [0.25, 0.3) is 0 Å². The van der Waals surface area contributed by atoms with E-state index in [0.29, 0.717) is 20.7 Å². The van der Waals surface area contributed by atoms with Crippen molar-refractivity contribution in [1.29, 1.82) is 0 Å². The molecule has 0 unspecified atom stereocenters. The van der Waals surface area contributed by atoms with Crippen molar-refractivity contribution in [3.05, 3.63) is 64.1 Å². The first kappa shape index (κ1) is 17.5. The van der Waals surface area contributed by atoms with E-state index in [0.717, 1.165) is 5.69 Å². The molecule has 1 atom stereocenters. The normalized spacial score (nSPS) is 11.6. The van der Waals surface area contributed by atoms with Crippen molar-refractivity contribution in [3.63, 3.8) is 0 Å². The number of carbonyl (C=O) groups is 1. The zero-order valence-corrected chi connectivity index (χ0v) is 14.3. The average molecular weight is 369 g/mol. The van der Waals surface area contributed by atoms with Gasteiger partial charge >= 0.3 is 5.97 Å². The molecule has 120 valence electrons. The van der Waals surface area contributed by atoms with Gasteiger partial charge < -0.3 is 15.7 Å². The van der Waals surface area contributed by atoms with Gasteiger partial charge in [-0.05, 0) is 42.0 Å². The van der Waals surface area contributed by atoms with E-state index in [4.69, 9.17) is 40.5 Å². The highest BCUT2D eigenvalue weighted by atomic mass is 35.5. The summed E-state index contributed by atoms with van der Waals surface area (Å²) in [6.07, 6.45) is -0.169. The molecule has 0 aliphatic carbocycles. The number of rotatable bonds is 5. The zero-order chi connectivity index (χ0) is 16.8. The molecule has 0 aromatic heterocycles. The zero-order valence-electron chi connectivity index (χ0n) is 11.9. The van der Waals surface area contributed by atoms with Gasteiger partial charge in [0.2, 0.25) is 0 Å². The van der Waals surface area contributed by atoms with Crippen molar-refractivity contribution < 1.29 is 9.90 Å². The van der Waals surface area contributed by atoms with Gasteiger partial charge in [0.05, 0.1) is 12.5 Å². The predicted molar refractivity (Wildman–Crippen MR) is 97.3 cm³/mol. The first-order valence-electron chi connectivity index (χ1n) is 6.75. The lowest BCUT2D eigenvalue weighted by Gasteiger charge is -2.21. The second-order valence-corrected chi connectivity index (χ2v) is 6.03. The van der Waals surface area contributed by atoms with Gasteiger partial charge in [0.1, 0.15) is 0 Å². The summed E-state index contributed by atoms with van der Waals surface area (Å²) in [5, 5.41) is 16.3. The van der Waals surface area contributed by atoms with Gasteiger partial charge in [0.25, 0.3) is 0 Å². The van der Waals surface area contributed by atoms with Gasteiger partial charge in [-0.2, -0.15) is 0 Å². The monoisotopic (exact) mass is 368 g/mol. The van der Waals surface area contributed by atoms with Crippen molar-refractivity contribution in [1.82, 2.24) is 5.32 Å². The van der Waals surface area contributed by atoms with Crippen LogP contribution in [-0.2, 0) is 4.79 Å². The van der Waals surface area contributed by atoms with E-state index >= 15 is 0 Å². The summed E-state index contributed by atoms with van der Waals surface area (Å²) in [7, 11) is 0. The van der Waals surface area contributed by atoms with Gasteiger partial charge in [-0.1, -0.05) is 47.5 Å². The molecule has 4 nitrogen and oxygen atoms in total. The molecule has 0 amide bonds. The summed E-state index contributed by atoms with van der Waals surface area (Å²) >= 11 is 17.3. The lowest BCUT2D eigenvalue weighted by Crippen LogP contribution is -2.33. The largest absolute Gasteiger partial charge is 0.481 e. The Hall–Kier alpha value is -1.82. The van der Waals surface area contributed by atoms with E-state index in [1.807, 2.05) is 30.3 Å². The number of carboxylic acids is 1. The number of carboxylic acid groups (broad SMARTS) is 1. The minimum Gasteiger partial charge on any atom is -0.481 e. The van der Waals surface area contributed by atoms with E-state index in [9.17, 15) is 4.79 Å². The van der Waals surface area contributed by atoms with E-state index in [2.05, 4.69) is 10.6 Å². The summed E-state index contributed by atoms with van der Waals surface area (Å²) in [6, 6.07) is 13.7. The Balaban J connectivity index is 2.15. The fraction of sp³-hybridized carbons (Fsp3) is 0.125. The molecule has 0 aliphatic rings. The first-order valence-corrected chi connectivity index (χ1v) is 7.91. The molecule has 0 spiro atoms. The summed E-state index contributed by atoms with van der Waals surface area (Å²) in [5.41, 5.74) is 1.43. The lowest BCUT2D eigenvalue weighted by molar-refractivity contribution is -0.137. The summed E-state index contributed by atoms with van der Waals surface area (Å²) in [5.74, 6) is -0.962. The number of thiocarbonyl (C=S) groups is 1. The molecule has 2 aromatic rings. The Morgan fingerprint density at radius 3 is 2.48 bits per heavy atom. The number of hydrogen-bond donors (Lipinski definition) is 3. The number of nitrogens with one attached hydrogen (secondary N) is 2. The van der Waals surface area contributed by atoms with E-state index in [1.165, 1.54) is 0 Å². The van der Waals surface area contributed by atoms with Crippen molar-refractivity contribution in [2.75, 3.05) is 5.32 Å². The highest BCUT2D eigenvalue weighted by molar-refractivity contribution is 7.80. The minimum atomic E-state index is -0.962. The van der Waals surface area contributed by atoms with Gasteiger partial charge in [-0.3, -0.25) is 4.79 Å². The van der Waals surface area contributed by atoms with Gasteiger partial charge in [0.15, 0.2) is 5.11 Å². The summed E-state index contributed by atoms with van der Waals surface area (Å²) in [4.78, 5) is 11.1. The van der Waals surface area contributed by atoms with Gasteiger partial charge in [-0.25, -0.2) is 0 Å². The molecule has 0 radical (unpaired) electrons. The second-order valence-electron chi connectivity index (χ2n) is 4.78. The van der Waals surface area contributed by atoms with Crippen LogP contribution >= 0.6 is 35.4 Å². The van der Waals surface area contributed by atoms with Crippen molar-refractivity contribution in [2.24, 2.45) is 0 Å². The molecule has 7 heteroatoms. The van der Waals surface area contributed by atoms with Crippen molar-refractivity contribution in [2.45, 2.75) is 12.5 Å². The average Bonchev–Trinajstić information content (AvgIpc) is 2.47. The molecule has 0 saturated heterocycles. The maximum Gasteiger partial charge on any atom is 0.305 e. The smallest absolute Gasteiger partial charge is 0.305 e. The molecule has 2 aromatic carbocycles. The number of benzene rings is 2. The fourth-order valence-corrected chi connectivity index (χ4v) is 2.84. The Morgan fingerprint density at radius 1 is 1.17 bits per heavy atom. The number of aliphatic carboxylic acids is 1. The third kappa shape index (κ3) is 5.39. The fourth-order valence-electron chi connectivity index (χ4n) is 2.04. The molecule has 0 heterocycles. The molecule has 0 saturated carbocycles. The third-order valence-corrected chi connectivity index (χ3v) is 3.84. The van der Waals surface area contributed by atoms with E-state index in [-0.39, 0.29) is 6.42 Å². The van der Waals surface area contributed by atoms with E-state index < -0.39 is 12.0 Å². The van der Waals surface area contributed by atoms with Crippen LogP contribution in [0.15, 0.2) is 48.5 Å².